The normalized spacial score (nSPS) is 22.5. The van der Waals surface area contributed by atoms with Gasteiger partial charge >= 0.3 is 5.97 Å². The van der Waals surface area contributed by atoms with Gasteiger partial charge in [-0.05, 0) is 38.3 Å². The summed E-state index contributed by atoms with van der Waals surface area (Å²) in [5.74, 6) is -1.21. The minimum Gasteiger partial charge on any atom is -0.478 e. The van der Waals surface area contributed by atoms with E-state index in [0.717, 1.165) is 19.3 Å². The van der Waals surface area contributed by atoms with Gasteiger partial charge in [-0.15, -0.1) is 0 Å². The lowest BCUT2D eigenvalue weighted by atomic mass is 10.1. The highest BCUT2D eigenvalue weighted by Gasteiger charge is 2.34. The molecule has 1 aliphatic rings. The van der Waals surface area contributed by atoms with Crippen LogP contribution in [0.25, 0.3) is 0 Å². The van der Waals surface area contributed by atoms with Crippen LogP contribution in [0, 0.1) is 0 Å². The molecule has 102 valence electrons. The number of pyridine rings is 1. The zero-order valence-corrected chi connectivity index (χ0v) is 11.2. The van der Waals surface area contributed by atoms with Gasteiger partial charge < -0.3 is 10.0 Å². The van der Waals surface area contributed by atoms with Crippen LogP contribution in [0.3, 0.4) is 0 Å². The van der Waals surface area contributed by atoms with Gasteiger partial charge in [-0.25, -0.2) is 4.79 Å². The second-order valence-electron chi connectivity index (χ2n) is 4.94. The molecular formula is C14H18N2O3. The van der Waals surface area contributed by atoms with Crippen LogP contribution in [0.15, 0.2) is 18.3 Å². The lowest BCUT2D eigenvalue weighted by molar-refractivity contribution is 0.0670. The Labute approximate surface area is 112 Å². The second kappa shape index (κ2) is 5.38. The molecular weight excluding hydrogens is 244 g/mol. The number of amides is 1. The minimum absolute atomic E-state index is 0.0956. The summed E-state index contributed by atoms with van der Waals surface area (Å²) < 4.78 is 0. The van der Waals surface area contributed by atoms with Crippen molar-refractivity contribution < 1.29 is 14.7 Å². The number of hydrogen-bond donors (Lipinski definition) is 1. The van der Waals surface area contributed by atoms with Crippen molar-refractivity contribution >= 4 is 11.9 Å². The molecule has 0 bridgehead atoms. The van der Waals surface area contributed by atoms with Gasteiger partial charge in [0.15, 0.2) is 0 Å². The number of carboxylic acids is 1. The molecule has 0 spiro atoms. The average Bonchev–Trinajstić information content (AvgIpc) is 2.79. The predicted molar refractivity (Wildman–Crippen MR) is 70.1 cm³/mol. The first kappa shape index (κ1) is 13.5. The van der Waals surface area contributed by atoms with E-state index in [0.29, 0.717) is 0 Å². The molecule has 1 aliphatic heterocycles. The summed E-state index contributed by atoms with van der Waals surface area (Å²) in [6.45, 7) is 4.08. The van der Waals surface area contributed by atoms with E-state index in [2.05, 4.69) is 11.9 Å². The van der Waals surface area contributed by atoms with Crippen LogP contribution < -0.4 is 0 Å². The van der Waals surface area contributed by atoms with Gasteiger partial charge in [0, 0.05) is 18.3 Å². The van der Waals surface area contributed by atoms with Crippen molar-refractivity contribution in [2.24, 2.45) is 0 Å². The van der Waals surface area contributed by atoms with Crippen LogP contribution in [0.1, 0.15) is 54.0 Å². The summed E-state index contributed by atoms with van der Waals surface area (Å²) in [5.41, 5.74) is 0.311. The van der Waals surface area contributed by atoms with Crippen LogP contribution >= 0.6 is 0 Å². The molecule has 0 saturated carbocycles. The Morgan fingerprint density at radius 2 is 2.21 bits per heavy atom. The number of carbonyl (C=O) groups is 2. The molecule has 2 heterocycles. The zero-order chi connectivity index (χ0) is 14.0. The van der Waals surface area contributed by atoms with Crippen molar-refractivity contribution in [1.82, 2.24) is 9.88 Å². The summed E-state index contributed by atoms with van der Waals surface area (Å²) in [6, 6.07) is 3.16. The molecule has 5 heteroatoms. The maximum atomic E-state index is 12.5. The number of carbonyl (C=O) groups excluding carboxylic acids is 1. The van der Waals surface area contributed by atoms with Gasteiger partial charge in [-0.2, -0.15) is 0 Å². The number of aromatic carboxylic acids is 1. The Hall–Kier alpha value is -1.91. The third kappa shape index (κ3) is 2.59. The Bertz CT molecular complexity index is 501. The van der Waals surface area contributed by atoms with E-state index < -0.39 is 5.97 Å². The molecule has 19 heavy (non-hydrogen) atoms. The van der Waals surface area contributed by atoms with Crippen LogP contribution in [-0.2, 0) is 0 Å². The van der Waals surface area contributed by atoms with Crippen molar-refractivity contribution in [2.75, 3.05) is 0 Å². The fourth-order valence-electron chi connectivity index (χ4n) is 2.65. The Morgan fingerprint density at radius 3 is 2.84 bits per heavy atom. The van der Waals surface area contributed by atoms with E-state index >= 15 is 0 Å². The first-order valence-corrected chi connectivity index (χ1v) is 6.56. The molecule has 2 rings (SSSR count). The van der Waals surface area contributed by atoms with Crippen LogP contribution in [0.2, 0.25) is 0 Å². The van der Waals surface area contributed by atoms with Crippen LogP contribution in [0.5, 0.6) is 0 Å². The molecule has 1 aromatic rings. The van der Waals surface area contributed by atoms with Crippen molar-refractivity contribution in [3.8, 4) is 0 Å². The van der Waals surface area contributed by atoms with Crippen molar-refractivity contribution in [3.05, 3.63) is 29.6 Å². The van der Waals surface area contributed by atoms with Gasteiger partial charge in [0.05, 0.1) is 5.56 Å². The summed E-state index contributed by atoms with van der Waals surface area (Å²) in [7, 11) is 0. The predicted octanol–water partition coefficient (Wildman–Crippen LogP) is 2.18. The van der Waals surface area contributed by atoms with Gasteiger partial charge in [-0.3, -0.25) is 9.78 Å². The summed E-state index contributed by atoms with van der Waals surface area (Å²) >= 11 is 0. The highest BCUT2D eigenvalue weighted by molar-refractivity contribution is 5.96. The summed E-state index contributed by atoms with van der Waals surface area (Å²) in [4.78, 5) is 29.3. The Morgan fingerprint density at radius 1 is 1.47 bits per heavy atom. The van der Waals surface area contributed by atoms with Crippen molar-refractivity contribution in [2.45, 2.75) is 45.2 Å². The Balaban J connectivity index is 2.28. The maximum absolute atomic E-state index is 12.5. The number of aromatic nitrogens is 1. The molecule has 0 aromatic carbocycles. The number of nitrogens with zero attached hydrogens (tertiary/aromatic N) is 2. The molecule has 0 aliphatic carbocycles. The summed E-state index contributed by atoms with van der Waals surface area (Å²) in [5, 5.41) is 8.95. The van der Waals surface area contributed by atoms with E-state index in [1.54, 1.807) is 0 Å². The van der Waals surface area contributed by atoms with E-state index in [1.165, 1.54) is 18.3 Å². The van der Waals surface area contributed by atoms with Crippen LogP contribution in [-0.4, -0.2) is 39.0 Å². The quantitative estimate of drug-likeness (QED) is 0.906. The van der Waals surface area contributed by atoms with E-state index in [-0.39, 0.29) is 29.2 Å². The van der Waals surface area contributed by atoms with Crippen LogP contribution in [0.4, 0.5) is 0 Å². The number of rotatable bonds is 3. The van der Waals surface area contributed by atoms with Crippen molar-refractivity contribution in [1.29, 1.82) is 0 Å². The third-order valence-corrected chi connectivity index (χ3v) is 3.72. The highest BCUT2D eigenvalue weighted by Crippen LogP contribution is 2.27. The van der Waals surface area contributed by atoms with E-state index in [1.807, 2.05) is 11.8 Å². The first-order valence-electron chi connectivity index (χ1n) is 6.56. The minimum atomic E-state index is -1.04. The fourth-order valence-corrected chi connectivity index (χ4v) is 2.65. The van der Waals surface area contributed by atoms with Gasteiger partial charge in [0.1, 0.15) is 5.69 Å². The SMILES string of the molecule is CCC1CCC(C)N1C(=O)c1cc(C(=O)O)ccn1. The molecule has 1 aromatic heterocycles. The summed E-state index contributed by atoms with van der Waals surface area (Å²) in [6.07, 6.45) is 4.28. The molecule has 2 atom stereocenters. The molecule has 1 saturated heterocycles. The molecule has 1 N–H and O–H groups in total. The molecule has 5 nitrogen and oxygen atoms in total. The third-order valence-electron chi connectivity index (χ3n) is 3.72. The maximum Gasteiger partial charge on any atom is 0.335 e. The number of hydrogen-bond acceptors (Lipinski definition) is 3. The monoisotopic (exact) mass is 262 g/mol. The second-order valence-corrected chi connectivity index (χ2v) is 4.94. The molecule has 2 unspecified atom stereocenters. The van der Waals surface area contributed by atoms with Gasteiger partial charge in [-0.1, -0.05) is 6.92 Å². The molecule has 0 radical (unpaired) electrons. The molecule has 1 fully saturated rings. The van der Waals surface area contributed by atoms with Gasteiger partial charge in [0.25, 0.3) is 5.91 Å². The number of likely N-dealkylation sites (tertiary alicyclic amines) is 1. The lowest BCUT2D eigenvalue weighted by Crippen LogP contribution is -2.40. The lowest BCUT2D eigenvalue weighted by Gasteiger charge is -2.27. The number of carboxylic acid groups (broad SMARTS) is 1. The highest BCUT2D eigenvalue weighted by atomic mass is 16.4. The molecule has 1 amide bonds. The first-order chi connectivity index (χ1) is 9.04. The van der Waals surface area contributed by atoms with Crippen molar-refractivity contribution in [3.63, 3.8) is 0 Å². The topological polar surface area (TPSA) is 70.5 Å². The Kier molecular flexibility index (Phi) is 3.83. The smallest absolute Gasteiger partial charge is 0.335 e. The average molecular weight is 262 g/mol. The van der Waals surface area contributed by atoms with E-state index in [9.17, 15) is 9.59 Å². The fraction of sp³-hybridized carbons (Fsp3) is 0.500. The zero-order valence-electron chi connectivity index (χ0n) is 11.2. The van der Waals surface area contributed by atoms with Gasteiger partial charge in [0.2, 0.25) is 0 Å². The standard InChI is InChI=1S/C14H18N2O3/c1-3-11-5-4-9(2)16(11)13(17)12-8-10(14(18)19)6-7-15-12/h6-9,11H,3-5H2,1-2H3,(H,18,19). The van der Waals surface area contributed by atoms with E-state index in [4.69, 9.17) is 5.11 Å². The largest absolute Gasteiger partial charge is 0.478 e.